The average molecular weight is 441 g/mol. The Morgan fingerprint density at radius 1 is 1.16 bits per heavy atom. The quantitative estimate of drug-likeness (QED) is 0.648. The fourth-order valence-electron chi connectivity index (χ4n) is 2.60. The molecule has 132 valence electrons. The van der Waals surface area contributed by atoms with Gasteiger partial charge < -0.3 is 0 Å². The number of fused-ring (bicyclic) bond motifs is 1. The number of aromatic nitrogens is 1. The first-order valence-corrected chi connectivity index (χ1v) is 10.7. The maximum atomic E-state index is 12.7. The molecular weight excluding hydrogens is 424 g/mol. The summed E-state index contributed by atoms with van der Waals surface area (Å²) >= 11 is 4.45. The number of sulfonamides is 1. The Kier molecular flexibility index (Phi) is 4.78. The molecule has 0 radical (unpaired) electrons. The van der Waals surface area contributed by atoms with Gasteiger partial charge in [0.2, 0.25) is 0 Å². The van der Waals surface area contributed by atoms with Crippen molar-refractivity contribution in [2.75, 3.05) is 4.72 Å². The van der Waals surface area contributed by atoms with E-state index in [0.717, 1.165) is 26.9 Å². The molecule has 2 aromatic carbocycles. The summed E-state index contributed by atoms with van der Waals surface area (Å²) in [5.74, 6) is 0. The monoisotopic (exact) mass is 440 g/mol. The van der Waals surface area contributed by atoms with Gasteiger partial charge in [0.05, 0.1) is 15.1 Å². The predicted molar refractivity (Wildman–Crippen MR) is 106 cm³/mol. The second-order valence-electron chi connectivity index (χ2n) is 6.03. The van der Waals surface area contributed by atoms with Crippen molar-refractivity contribution in [3.05, 3.63) is 56.1 Å². The van der Waals surface area contributed by atoms with Crippen molar-refractivity contribution in [3.8, 4) is 0 Å². The first-order valence-electron chi connectivity index (χ1n) is 7.63. The average Bonchev–Trinajstić information content (AvgIpc) is 2.85. The minimum atomic E-state index is -3.73. The van der Waals surface area contributed by atoms with Crippen molar-refractivity contribution in [1.82, 2.24) is 4.57 Å². The minimum absolute atomic E-state index is 0.0209. The lowest BCUT2D eigenvalue weighted by atomic mass is 10.2. The summed E-state index contributed by atoms with van der Waals surface area (Å²) < 4.78 is 31.2. The van der Waals surface area contributed by atoms with E-state index in [9.17, 15) is 13.2 Å². The number of aryl methyl sites for hydroxylation is 1. The summed E-state index contributed by atoms with van der Waals surface area (Å²) in [6.07, 6.45) is 0. The van der Waals surface area contributed by atoms with Crippen LogP contribution in [0.25, 0.3) is 10.2 Å². The van der Waals surface area contributed by atoms with E-state index in [0.29, 0.717) is 10.4 Å². The van der Waals surface area contributed by atoms with Gasteiger partial charge >= 0.3 is 4.87 Å². The third-order valence-corrected chi connectivity index (χ3v) is 7.01. The maximum absolute atomic E-state index is 12.7. The topological polar surface area (TPSA) is 68.2 Å². The Bertz CT molecular complexity index is 1110. The normalized spacial score (nSPS) is 12.0. The molecule has 0 saturated carbocycles. The molecule has 0 spiro atoms. The van der Waals surface area contributed by atoms with Crippen LogP contribution in [0.2, 0.25) is 0 Å². The predicted octanol–water partition coefficient (Wildman–Crippen LogP) is 4.52. The largest absolute Gasteiger partial charge is 0.308 e. The summed E-state index contributed by atoms with van der Waals surface area (Å²) in [4.78, 5) is 12.2. The fraction of sp³-hybridized carbons (Fsp3) is 0.235. The van der Waals surface area contributed by atoms with E-state index in [4.69, 9.17) is 0 Å². The number of hydrogen-bond donors (Lipinski definition) is 1. The number of nitrogens with zero attached hydrogens (tertiary/aromatic N) is 1. The molecule has 0 aliphatic heterocycles. The molecule has 0 atom stereocenters. The standard InChI is InChI=1S/C17H17BrN2O3S2/c1-10(2)20-15-7-5-13(9-16(15)24-17(20)21)25(22,23)19-12-4-6-14(18)11(3)8-12/h4-10,19H,1-3H3. The zero-order valence-electron chi connectivity index (χ0n) is 13.9. The highest BCUT2D eigenvalue weighted by molar-refractivity contribution is 9.10. The Balaban J connectivity index is 2.02. The first-order chi connectivity index (χ1) is 11.7. The van der Waals surface area contributed by atoms with Crippen LogP contribution in [0.4, 0.5) is 5.69 Å². The first kappa shape index (κ1) is 18.2. The van der Waals surface area contributed by atoms with E-state index >= 15 is 0 Å². The second kappa shape index (κ2) is 6.59. The van der Waals surface area contributed by atoms with Gasteiger partial charge in [-0.1, -0.05) is 27.3 Å². The summed E-state index contributed by atoms with van der Waals surface area (Å²) in [6, 6.07) is 10.0. The Morgan fingerprint density at radius 2 is 1.88 bits per heavy atom. The number of hydrogen-bond acceptors (Lipinski definition) is 4. The molecule has 0 bridgehead atoms. The molecule has 0 amide bonds. The van der Waals surface area contributed by atoms with Gasteiger partial charge in [0.25, 0.3) is 10.0 Å². The maximum Gasteiger partial charge on any atom is 0.308 e. The molecule has 3 aromatic rings. The summed E-state index contributed by atoms with van der Waals surface area (Å²) in [7, 11) is -3.73. The van der Waals surface area contributed by atoms with E-state index < -0.39 is 10.0 Å². The second-order valence-corrected chi connectivity index (χ2v) is 9.56. The van der Waals surface area contributed by atoms with Gasteiger partial charge in [-0.25, -0.2) is 8.42 Å². The van der Waals surface area contributed by atoms with E-state index in [2.05, 4.69) is 20.7 Å². The highest BCUT2D eigenvalue weighted by Crippen LogP contribution is 2.26. The molecule has 3 rings (SSSR count). The molecule has 0 aliphatic rings. The Morgan fingerprint density at radius 3 is 2.52 bits per heavy atom. The van der Waals surface area contributed by atoms with Crippen molar-refractivity contribution in [3.63, 3.8) is 0 Å². The van der Waals surface area contributed by atoms with Gasteiger partial charge in [-0.15, -0.1) is 0 Å². The van der Waals surface area contributed by atoms with Crippen LogP contribution in [0.1, 0.15) is 25.5 Å². The SMILES string of the molecule is Cc1cc(NS(=O)(=O)c2ccc3c(c2)sc(=O)n3C(C)C)ccc1Br. The number of rotatable bonds is 4. The van der Waals surface area contributed by atoms with Crippen LogP contribution in [-0.4, -0.2) is 13.0 Å². The molecule has 0 fully saturated rings. The van der Waals surface area contributed by atoms with Crippen LogP contribution < -0.4 is 9.60 Å². The lowest BCUT2D eigenvalue weighted by molar-refractivity contribution is 0.601. The molecule has 0 aliphatic carbocycles. The molecule has 5 nitrogen and oxygen atoms in total. The fourth-order valence-corrected chi connectivity index (χ4v) is 5.04. The Hall–Kier alpha value is -1.64. The van der Waals surface area contributed by atoms with Gasteiger partial charge in [0, 0.05) is 16.2 Å². The van der Waals surface area contributed by atoms with Gasteiger partial charge in [0.15, 0.2) is 0 Å². The van der Waals surface area contributed by atoms with Crippen LogP contribution in [0.5, 0.6) is 0 Å². The van der Waals surface area contributed by atoms with E-state index in [1.165, 1.54) is 6.07 Å². The molecule has 25 heavy (non-hydrogen) atoms. The van der Waals surface area contributed by atoms with Crippen LogP contribution in [0.15, 0.2) is 50.6 Å². The van der Waals surface area contributed by atoms with Gasteiger partial charge in [-0.3, -0.25) is 14.1 Å². The summed E-state index contributed by atoms with van der Waals surface area (Å²) in [5.41, 5.74) is 2.18. The third-order valence-electron chi connectivity index (χ3n) is 3.82. The van der Waals surface area contributed by atoms with Gasteiger partial charge in [-0.2, -0.15) is 0 Å². The molecule has 8 heteroatoms. The molecule has 0 unspecified atom stereocenters. The third kappa shape index (κ3) is 3.51. The number of nitrogens with one attached hydrogen (secondary N) is 1. The molecule has 0 saturated heterocycles. The number of benzene rings is 2. The lowest BCUT2D eigenvalue weighted by Gasteiger charge is -2.10. The van der Waals surface area contributed by atoms with Gasteiger partial charge in [-0.05, 0) is 62.7 Å². The number of anilines is 1. The molecule has 1 heterocycles. The minimum Gasteiger partial charge on any atom is -0.296 e. The van der Waals surface area contributed by atoms with Crippen molar-refractivity contribution in [2.24, 2.45) is 0 Å². The van der Waals surface area contributed by atoms with Crippen molar-refractivity contribution in [2.45, 2.75) is 31.7 Å². The summed E-state index contributed by atoms with van der Waals surface area (Å²) in [5, 5.41) is 0. The summed E-state index contributed by atoms with van der Waals surface area (Å²) in [6.45, 7) is 5.74. The van der Waals surface area contributed by atoms with E-state index in [1.807, 2.05) is 20.8 Å². The van der Waals surface area contributed by atoms with Crippen LogP contribution in [0, 0.1) is 6.92 Å². The number of halogens is 1. The zero-order chi connectivity index (χ0) is 18.4. The molecule has 1 N–H and O–H groups in total. The highest BCUT2D eigenvalue weighted by Gasteiger charge is 2.18. The van der Waals surface area contributed by atoms with Crippen molar-refractivity contribution < 1.29 is 8.42 Å². The highest BCUT2D eigenvalue weighted by atomic mass is 79.9. The van der Waals surface area contributed by atoms with Gasteiger partial charge in [0.1, 0.15) is 0 Å². The smallest absolute Gasteiger partial charge is 0.296 e. The molecular formula is C17H17BrN2O3S2. The zero-order valence-corrected chi connectivity index (χ0v) is 17.1. The van der Waals surface area contributed by atoms with Crippen molar-refractivity contribution >= 4 is 53.2 Å². The van der Waals surface area contributed by atoms with Crippen LogP contribution in [0.3, 0.4) is 0 Å². The van der Waals surface area contributed by atoms with E-state index in [1.54, 1.807) is 34.9 Å². The lowest BCUT2D eigenvalue weighted by Crippen LogP contribution is -2.15. The Labute approximate surface area is 158 Å². The molecule has 1 aromatic heterocycles. The van der Waals surface area contributed by atoms with Crippen LogP contribution >= 0.6 is 27.3 Å². The number of thiazole rings is 1. The van der Waals surface area contributed by atoms with Crippen molar-refractivity contribution in [1.29, 1.82) is 0 Å². The van der Waals surface area contributed by atoms with E-state index in [-0.39, 0.29) is 15.8 Å². The van der Waals surface area contributed by atoms with Crippen LogP contribution in [-0.2, 0) is 10.0 Å².